The fourth-order valence-electron chi connectivity index (χ4n) is 4.21. The summed E-state index contributed by atoms with van der Waals surface area (Å²) in [6.45, 7) is 6.46. The highest BCUT2D eigenvalue weighted by molar-refractivity contribution is 7.90. The number of carbonyl (C=O) groups excluding carboxylic acids is 2. The van der Waals surface area contributed by atoms with Crippen molar-refractivity contribution in [2.24, 2.45) is 0 Å². The van der Waals surface area contributed by atoms with Gasteiger partial charge >= 0.3 is 6.09 Å². The number of ether oxygens (including phenoxy) is 1. The maximum absolute atomic E-state index is 14.3. The minimum Gasteiger partial charge on any atom is -0.444 e. The molecular formula is C24H30FN3O6S. The van der Waals surface area contributed by atoms with Crippen molar-refractivity contribution in [3.8, 4) is 11.5 Å². The van der Waals surface area contributed by atoms with E-state index in [0.29, 0.717) is 25.9 Å². The molecule has 35 heavy (non-hydrogen) atoms. The van der Waals surface area contributed by atoms with Crippen LogP contribution in [0, 0.1) is 5.82 Å². The van der Waals surface area contributed by atoms with Crippen molar-refractivity contribution in [2.45, 2.75) is 69.0 Å². The molecule has 2 aliphatic rings. The maximum atomic E-state index is 14.3. The Bertz CT molecular complexity index is 1220. The van der Waals surface area contributed by atoms with Gasteiger partial charge in [0.05, 0.1) is 0 Å². The first-order valence-electron chi connectivity index (χ1n) is 11.6. The standard InChI is InChI=1S/C24H30FN3O6S/c1-24(2,3)34-23(30)27-11-9-17(10-12-27)28(16-6-7-16)22(29)19-14-33-21(26-19)15-5-8-20(18(25)13-15)35(4,31)32/h5,8,13-14,16-17H,6-7,9-12H2,1-4H3. The van der Waals surface area contributed by atoms with E-state index in [4.69, 9.17) is 9.15 Å². The molecule has 0 spiro atoms. The van der Waals surface area contributed by atoms with Crippen LogP contribution < -0.4 is 0 Å². The third kappa shape index (κ3) is 5.83. The summed E-state index contributed by atoms with van der Waals surface area (Å²) < 4.78 is 48.5. The molecule has 0 atom stereocenters. The Hall–Kier alpha value is -2.95. The fraction of sp³-hybridized carbons (Fsp3) is 0.542. The van der Waals surface area contributed by atoms with Crippen LogP contribution in [0.25, 0.3) is 11.5 Å². The number of rotatable bonds is 5. The molecule has 0 bridgehead atoms. The predicted molar refractivity (Wildman–Crippen MR) is 125 cm³/mol. The third-order valence-electron chi connectivity index (χ3n) is 5.99. The minimum atomic E-state index is -3.70. The van der Waals surface area contributed by atoms with Crippen LogP contribution in [0.2, 0.25) is 0 Å². The van der Waals surface area contributed by atoms with Crippen LogP contribution in [0.1, 0.15) is 56.9 Å². The lowest BCUT2D eigenvalue weighted by Crippen LogP contribution is -2.50. The van der Waals surface area contributed by atoms with Crippen LogP contribution in [-0.4, -0.2) is 72.2 Å². The Balaban J connectivity index is 1.46. The van der Waals surface area contributed by atoms with E-state index in [1.165, 1.54) is 12.3 Å². The van der Waals surface area contributed by atoms with Gasteiger partial charge in [-0.05, 0) is 64.7 Å². The van der Waals surface area contributed by atoms with Gasteiger partial charge in [0, 0.05) is 37.0 Å². The van der Waals surface area contributed by atoms with E-state index >= 15 is 0 Å². The number of hydrogen-bond donors (Lipinski definition) is 0. The third-order valence-corrected chi connectivity index (χ3v) is 7.12. The molecule has 9 nitrogen and oxygen atoms in total. The van der Waals surface area contributed by atoms with Crippen LogP contribution in [-0.2, 0) is 14.6 Å². The van der Waals surface area contributed by atoms with Gasteiger partial charge in [-0.25, -0.2) is 22.6 Å². The SMILES string of the molecule is CC(C)(C)OC(=O)N1CCC(N(C(=O)c2coc(-c3ccc(S(C)(=O)=O)c(F)c3)n2)C2CC2)CC1. The average Bonchev–Trinajstić information content (AvgIpc) is 3.46. The quantitative estimate of drug-likeness (QED) is 0.604. The molecule has 2 aromatic rings. The molecule has 1 aliphatic heterocycles. The number of hydrogen-bond acceptors (Lipinski definition) is 7. The number of oxazole rings is 1. The molecule has 1 saturated carbocycles. The van der Waals surface area contributed by atoms with Crippen molar-refractivity contribution in [3.05, 3.63) is 36.0 Å². The van der Waals surface area contributed by atoms with Gasteiger partial charge < -0.3 is 19.0 Å². The first kappa shape index (κ1) is 25.2. The number of aromatic nitrogens is 1. The Morgan fingerprint density at radius 1 is 1.14 bits per heavy atom. The van der Waals surface area contributed by atoms with Crippen LogP contribution in [0.4, 0.5) is 9.18 Å². The zero-order valence-corrected chi connectivity index (χ0v) is 21.1. The Labute approximate surface area is 204 Å². The van der Waals surface area contributed by atoms with Crippen LogP contribution in [0.5, 0.6) is 0 Å². The topological polar surface area (TPSA) is 110 Å². The van der Waals surface area contributed by atoms with E-state index in [9.17, 15) is 22.4 Å². The highest BCUT2D eigenvalue weighted by atomic mass is 32.2. The first-order chi connectivity index (χ1) is 16.3. The summed E-state index contributed by atoms with van der Waals surface area (Å²) in [5, 5.41) is 0. The Kier molecular flexibility index (Phi) is 6.65. The van der Waals surface area contributed by atoms with Crippen LogP contribution in [0.3, 0.4) is 0 Å². The summed E-state index contributed by atoms with van der Waals surface area (Å²) in [6, 6.07) is 3.65. The molecule has 0 unspecified atom stereocenters. The normalized spacial score (nSPS) is 17.3. The van der Waals surface area contributed by atoms with E-state index in [1.54, 1.807) is 4.90 Å². The molecule has 1 saturated heterocycles. The second-order valence-electron chi connectivity index (χ2n) is 10.1. The van der Waals surface area contributed by atoms with E-state index < -0.39 is 26.2 Å². The second kappa shape index (κ2) is 9.25. The van der Waals surface area contributed by atoms with E-state index in [0.717, 1.165) is 31.2 Å². The van der Waals surface area contributed by atoms with Gasteiger partial charge in [-0.1, -0.05) is 0 Å². The van der Waals surface area contributed by atoms with Crippen molar-refractivity contribution in [1.82, 2.24) is 14.8 Å². The van der Waals surface area contributed by atoms with Crippen molar-refractivity contribution < 1.29 is 31.6 Å². The number of sulfone groups is 1. The minimum absolute atomic E-state index is 0.0304. The maximum Gasteiger partial charge on any atom is 0.410 e. The number of amides is 2. The molecule has 2 amide bonds. The van der Waals surface area contributed by atoms with Gasteiger partial charge in [0.1, 0.15) is 22.6 Å². The van der Waals surface area contributed by atoms with Crippen LogP contribution in [0.15, 0.2) is 33.8 Å². The first-order valence-corrected chi connectivity index (χ1v) is 13.5. The number of halogens is 1. The number of piperidine rings is 1. The van der Waals surface area contributed by atoms with Gasteiger partial charge in [0.15, 0.2) is 15.5 Å². The number of likely N-dealkylation sites (tertiary alicyclic amines) is 1. The summed E-state index contributed by atoms with van der Waals surface area (Å²) in [6.07, 6.45) is 4.88. The van der Waals surface area contributed by atoms with E-state index in [1.807, 2.05) is 25.7 Å². The molecule has 1 aromatic carbocycles. The molecule has 2 fully saturated rings. The Morgan fingerprint density at radius 2 is 1.77 bits per heavy atom. The van der Waals surface area contributed by atoms with Crippen molar-refractivity contribution in [2.75, 3.05) is 19.3 Å². The van der Waals surface area contributed by atoms with Crippen molar-refractivity contribution in [3.63, 3.8) is 0 Å². The summed E-state index contributed by atoms with van der Waals surface area (Å²) in [5.74, 6) is -1.15. The average molecular weight is 508 g/mol. The van der Waals surface area contributed by atoms with Gasteiger partial charge in [-0.3, -0.25) is 4.79 Å². The highest BCUT2D eigenvalue weighted by Gasteiger charge is 2.40. The van der Waals surface area contributed by atoms with Gasteiger partial charge in [-0.2, -0.15) is 0 Å². The zero-order chi connectivity index (χ0) is 25.5. The number of nitrogens with zero attached hydrogens (tertiary/aromatic N) is 3. The van der Waals surface area contributed by atoms with Crippen LogP contribution >= 0.6 is 0 Å². The lowest BCUT2D eigenvalue weighted by Gasteiger charge is -2.38. The monoisotopic (exact) mass is 507 g/mol. The summed E-state index contributed by atoms with van der Waals surface area (Å²) in [4.78, 5) is 33.1. The zero-order valence-electron chi connectivity index (χ0n) is 20.3. The molecule has 0 N–H and O–H groups in total. The molecular weight excluding hydrogens is 477 g/mol. The smallest absolute Gasteiger partial charge is 0.410 e. The summed E-state index contributed by atoms with van der Waals surface area (Å²) in [5.41, 5.74) is -0.227. The predicted octanol–water partition coefficient (Wildman–Crippen LogP) is 3.89. The lowest BCUT2D eigenvalue weighted by atomic mass is 10.0. The van der Waals surface area contributed by atoms with Crippen molar-refractivity contribution >= 4 is 21.8 Å². The molecule has 4 rings (SSSR count). The molecule has 1 aliphatic carbocycles. The van der Waals surface area contributed by atoms with Gasteiger partial charge in [-0.15, -0.1) is 0 Å². The lowest BCUT2D eigenvalue weighted by molar-refractivity contribution is 0.0141. The van der Waals surface area contributed by atoms with Gasteiger partial charge in [0.25, 0.3) is 5.91 Å². The van der Waals surface area contributed by atoms with E-state index in [2.05, 4.69) is 4.98 Å². The molecule has 2 heterocycles. The number of benzene rings is 1. The summed E-state index contributed by atoms with van der Waals surface area (Å²) in [7, 11) is -3.70. The highest BCUT2D eigenvalue weighted by Crippen LogP contribution is 2.34. The Morgan fingerprint density at radius 3 is 2.31 bits per heavy atom. The summed E-state index contributed by atoms with van der Waals surface area (Å²) >= 11 is 0. The van der Waals surface area contributed by atoms with E-state index in [-0.39, 0.29) is 41.2 Å². The number of carbonyl (C=O) groups is 2. The second-order valence-corrected chi connectivity index (χ2v) is 12.1. The molecule has 11 heteroatoms. The molecule has 0 radical (unpaired) electrons. The van der Waals surface area contributed by atoms with Gasteiger partial charge in [0.2, 0.25) is 5.89 Å². The fourth-order valence-corrected chi connectivity index (χ4v) is 4.94. The molecule has 1 aromatic heterocycles. The van der Waals surface area contributed by atoms with Crippen molar-refractivity contribution in [1.29, 1.82) is 0 Å². The largest absolute Gasteiger partial charge is 0.444 e. The molecule has 190 valence electrons.